The Kier molecular flexibility index (Phi) is 5.42. The molecular weight excluding hydrogens is 272 g/mol. The van der Waals surface area contributed by atoms with Crippen LogP contribution in [0.25, 0.3) is 0 Å². The number of halogens is 2. The minimum Gasteiger partial charge on any atom is -0.387 e. The number of rotatable bonds is 6. The molecule has 0 bridgehead atoms. The topological polar surface area (TPSA) is 32.3 Å². The van der Waals surface area contributed by atoms with E-state index >= 15 is 0 Å². The van der Waals surface area contributed by atoms with Crippen molar-refractivity contribution in [1.82, 2.24) is 5.32 Å². The van der Waals surface area contributed by atoms with E-state index < -0.39 is 6.10 Å². The van der Waals surface area contributed by atoms with Gasteiger partial charge in [-0.2, -0.15) is 0 Å². The molecule has 21 heavy (non-hydrogen) atoms. The number of aliphatic hydroxyl groups excluding tert-OH is 1. The second-order valence-corrected chi connectivity index (χ2v) is 5.10. The second kappa shape index (κ2) is 7.29. The Labute approximate surface area is 123 Å². The van der Waals surface area contributed by atoms with Crippen LogP contribution in [0.5, 0.6) is 0 Å². The molecule has 0 spiro atoms. The molecule has 0 radical (unpaired) electrons. The molecule has 0 aliphatic rings. The molecule has 0 saturated heterocycles. The van der Waals surface area contributed by atoms with Gasteiger partial charge in [0.25, 0.3) is 0 Å². The lowest BCUT2D eigenvalue weighted by Crippen LogP contribution is -2.24. The quantitative estimate of drug-likeness (QED) is 0.801. The summed E-state index contributed by atoms with van der Waals surface area (Å²) in [4.78, 5) is 0. The normalized spacial score (nSPS) is 12.4. The highest BCUT2D eigenvalue weighted by Crippen LogP contribution is 2.13. The van der Waals surface area contributed by atoms with Gasteiger partial charge in [-0.05, 0) is 60.8 Å². The largest absolute Gasteiger partial charge is 0.387 e. The van der Waals surface area contributed by atoms with Gasteiger partial charge in [-0.25, -0.2) is 8.78 Å². The van der Waals surface area contributed by atoms with E-state index in [0.29, 0.717) is 18.7 Å². The lowest BCUT2D eigenvalue weighted by Gasteiger charge is -2.13. The molecular formula is C17H19F2NO. The maximum absolute atomic E-state index is 13.1. The lowest BCUT2D eigenvalue weighted by atomic mass is 10.1. The van der Waals surface area contributed by atoms with Crippen molar-refractivity contribution in [2.75, 3.05) is 13.1 Å². The molecule has 0 saturated carbocycles. The van der Waals surface area contributed by atoms with E-state index in [-0.39, 0.29) is 11.6 Å². The summed E-state index contributed by atoms with van der Waals surface area (Å²) >= 11 is 0. The Morgan fingerprint density at radius 1 is 1.10 bits per heavy atom. The highest BCUT2D eigenvalue weighted by atomic mass is 19.1. The van der Waals surface area contributed by atoms with Crippen LogP contribution in [0, 0.1) is 18.6 Å². The van der Waals surface area contributed by atoms with Crippen LogP contribution in [0.4, 0.5) is 8.78 Å². The van der Waals surface area contributed by atoms with E-state index in [1.54, 1.807) is 18.2 Å². The summed E-state index contributed by atoms with van der Waals surface area (Å²) in [6, 6.07) is 10.7. The molecule has 2 aromatic carbocycles. The van der Waals surface area contributed by atoms with Gasteiger partial charge in [0, 0.05) is 6.54 Å². The molecule has 0 heterocycles. The highest BCUT2D eigenvalue weighted by molar-refractivity contribution is 5.26. The van der Waals surface area contributed by atoms with Crippen molar-refractivity contribution in [3.05, 3.63) is 70.8 Å². The first kappa shape index (κ1) is 15.6. The zero-order valence-electron chi connectivity index (χ0n) is 11.9. The summed E-state index contributed by atoms with van der Waals surface area (Å²) < 4.78 is 26.0. The van der Waals surface area contributed by atoms with E-state index in [1.165, 1.54) is 24.3 Å². The van der Waals surface area contributed by atoms with Crippen molar-refractivity contribution >= 4 is 0 Å². The predicted molar refractivity (Wildman–Crippen MR) is 79.1 cm³/mol. The molecule has 0 fully saturated rings. The predicted octanol–water partition coefficient (Wildman–Crippen LogP) is 3.14. The maximum Gasteiger partial charge on any atom is 0.123 e. The average Bonchev–Trinajstić information content (AvgIpc) is 2.45. The Balaban J connectivity index is 1.79. The zero-order chi connectivity index (χ0) is 15.2. The molecule has 2 aromatic rings. The summed E-state index contributed by atoms with van der Waals surface area (Å²) in [5.74, 6) is -0.584. The van der Waals surface area contributed by atoms with Gasteiger partial charge in [-0.3, -0.25) is 0 Å². The molecule has 4 heteroatoms. The number of aryl methyl sites for hydroxylation is 1. The Morgan fingerprint density at radius 3 is 2.57 bits per heavy atom. The SMILES string of the molecule is Cc1cc(F)ccc1CCNCC(O)c1cccc(F)c1. The van der Waals surface area contributed by atoms with E-state index in [4.69, 9.17) is 0 Å². The third-order valence-corrected chi connectivity index (χ3v) is 3.45. The number of aliphatic hydroxyl groups is 1. The van der Waals surface area contributed by atoms with E-state index in [2.05, 4.69) is 5.32 Å². The van der Waals surface area contributed by atoms with Gasteiger partial charge in [-0.15, -0.1) is 0 Å². The smallest absolute Gasteiger partial charge is 0.123 e. The van der Waals surface area contributed by atoms with E-state index in [0.717, 1.165) is 17.5 Å². The van der Waals surface area contributed by atoms with Crippen LogP contribution in [0.2, 0.25) is 0 Å². The van der Waals surface area contributed by atoms with E-state index in [9.17, 15) is 13.9 Å². The molecule has 0 aliphatic heterocycles. The number of benzene rings is 2. The number of hydrogen-bond donors (Lipinski definition) is 2. The fourth-order valence-electron chi connectivity index (χ4n) is 2.23. The highest BCUT2D eigenvalue weighted by Gasteiger charge is 2.07. The van der Waals surface area contributed by atoms with Crippen LogP contribution in [-0.4, -0.2) is 18.2 Å². The summed E-state index contributed by atoms with van der Waals surface area (Å²) in [6.45, 7) is 2.89. The van der Waals surface area contributed by atoms with Crippen molar-refractivity contribution < 1.29 is 13.9 Å². The van der Waals surface area contributed by atoms with Crippen molar-refractivity contribution in [2.24, 2.45) is 0 Å². The van der Waals surface area contributed by atoms with Gasteiger partial charge in [0.2, 0.25) is 0 Å². The summed E-state index contributed by atoms with van der Waals surface area (Å²) in [7, 11) is 0. The molecule has 2 nitrogen and oxygen atoms in total. The lowest BCUT2D eigenvalue weighted by molar-refractivity contribution is 0.174. The van der Waals surface area contributed by atoms with Gasteiger partial charge < -0.3 is 10.4 Å². The third kappa shape index (κ3) is 4.62. The van der Waals surface area contributed by atoms with Crippen molar-refractivity contribution in [3.8, 4) is 0 Å². The van der Waals surface area contributed by atoms with Crippen LogP contribution in [0.1, 0.15) is 22.8 Å². The Morgan fingerprint density at radius 2 is 1.86 bits per heavy atom. The number of nitrogens with one attached hydrogen (secondary N) is 1. The molecule has 2 rings (SSSR count). The van der Waals surface area contributed by atoms with Crippen LogP contribution in [-0.2, 0) is 6.42 Å². The van der Waals surface area contributed by atoms with Crippen LogP contribution >= 0.6 is 0 Å². The first-order valence-electron chi connectivity index (χ1n) is 6.95. The monoisotopic (exact) mass is 291 g/mol. The molecule has 0 aliphatic carbocycles. The van der Waals surface area contributed by atoms with E-state index in [1.807, 2.05) is 6.92 Å². The van der Waals surface area contributed by atoms with Crippen LogP contribution in [0.3, 0.4) is 0 Å². The first-order chi connectivity index (χ1) is 10.1. The minimum atomic E-state index is -0.741. The van der Waals surface area contributed by atoms with Gasteiger partial charge >= 0.3 is 0 Å². The van der Waals surface area contributed by atoms with Crippen molar-refractivity contribution in [1.29, 1.82) is 0 Å². The van der Waals surface area contributed by atoms with Gasteiger partial charge in [0.15, 0.2) is 0 Å². The fourth-order valence-corrected chi connectivity index (χ4v) is 2.23. The summed E-state index contributed by atoms with van der Waals surface area (Å²) in [5, 5.41) is 13.1. The first-order valence-corrected chi connectivity index (χ1v) is 6.95. The fraction of sp³-hybridized carbons (Fsp3) is 0.294. The molecule has 1 atom stereocenters. The Bertz CT molecular complexity index is 601. The summed E-state index contributed by atoms with van der Waals surface area (Å²) in [6.07, 6.45) is 0.0112. The molecule has 1 unspecified atom stereocenters. The van der Waals surface area contributed by atoms with Gasteiger partial charge in [0.1, 0.15) is 11.6 Å². The molecule has 2 N–H and O–H groups in total. The van der Waals surface area contributed by atoms with Gasteiger partial charge in [0.05, 0.1) is 6.10 Å². The zero-order valence-corrected chi connectivity index (χ0v) is 11.9. The minimum absolute atomic E-state index is 0.231. The van der Waals surface area contributed by atoms with Gasteiger partial charge in [-0.1, -0.05) is 18.2 Å². The second-order valence-electron chi connectivity index (χ2n) is 5.10. The van der Waals surface area contributed by atoms with Crippen LogP contribution < -0.4 is 5.32 Å². The number of hydrogen-bond acceptors (Lipinski definition) is 2. The summed E-state index contributed by atoms with van der Waals surface area (Å²) in [5.41, 5.74) is 2.55. The Hall–Kier alpha value is -1.78. The third-order valence-electron chi connectivity index (χ3n) is 3.45. The van der Waals surface area contributed by atoms with Crippen molar-refractivity contribution in [2.45, 2.75) is 19.4 Å². The molecule has 0 aromatic heterocycles. The molecule has 0 amide bonds. The standard InChI is InChI=1S/C17H19F2NO/c1-12-9-16(19)6-5-13(12)7-8-20-11-17(21)14-3-2-4-15(18)10-14/h2-6,9-10,17,20-21H,7-8,11H2,1H3. The average molecular weight is 291 g/mol. The maximum atomic E-state index is 13.1. The van der Waals surface area contributed by atoms with Crippen LogP contribution in [0.15, 0.2) is 42.5 Å². The molecule has 112 valence electrons. The van der Waals surface area contributed by atoms with Crippen molar-refractivity contribution in [3.63, 3.8) is 0 Å².